The first-order valence-corrected chi connectivity index (χ1v) is 10.1. The Balaban J connectivity index is 1.92. The van der Waals surface area contributed by atoms with E-state index in [0.29, 0.717) is 31.0 Å². The monoisotopic (exact) mass is 413 g/mol. The highest BCUT2D eigenvalue weighted by Crippen LogP contribution is 2.38. The van der Waals surface area contributed by atoms with Crippen LogP contribution in [0.1, 0.15) is 37.7 Å². The molecule has 0 amide bonds. The van der Waals surface area contributed by atoms with Gasteiger partial charge in [-0.25, -0.2) is 9.98 Å². The lowest BCUT2D eigenvalue weighted by Crippen LogP contribution is -2.42. The molecule has 0 fully saturated rings. The van der Waals surface area contributed by atoms with Gasteiger partial charge >= 0.3 is 5.97 Å². The van der Waals surface area contributed by atoms with Gasteiger partial charge in [-0.3, -0.25) is 9.59 Å². The lowest BCUT2D eigenvalue weighted by molar-refractivity contribution is -0.137. The fourth-order valence-corrected chi connectivity index (χ4v) is 3.52. The van der Waals surface area contributed by atoms with Crippen molar-refractivity contribution in [2.24, 2.45) is 4.99 Å². The molecule has 1 aromatic heterocycles. The third-order valence-electron chi connectivity index (χ3n) is 4.98. The van der Waals surface area contributed by atoms with Crippen LogP contribution in [-0.2, 0) is 4.79 Å². The number of rotatable bonds is 10. The second kappa shape index (κ2) is 9.53. The van der Waals surface area contributed by atoms with Crippen LogP contribution in [-0.4, -0.2) is 45.8 Å². The number of unbranched alkanes of at least 4 members (excludes halogenated alkanes) is 3. The van der Waals surface area contributed by atoms with Crippen molar-refractivity contribution < 1.29 is 15.0 Å². The number of anilines is 3. The molecule has 1 aromatic carbocycles. The number of benzene rings is 1. The van der Waals surface area contributed by atoms with Crippen molar-refractivity contribution in [2.45, 2.75) is 39.0 Å². The summed E-state index contributed by atoms with van der Waals surface area (Å²) in [5.74, 6) is -0.307. The van der Waals surface area contributed by atoms with Gasteiger partial charge in [-0.05, 0) is 37.5 Å². The molecule has 30 heavy (non-hydrogen) atoms. The van der Waals surface area contributed by atoms with Crippen LogP contribution in [0.3, 0.4) is 0 Å². The van der Waals surface area contributed by atoms with E-state index in [-0.39, 0.29) is 29.4 Å². The van der Waals surface area contributed by atoms with Crippen molar-refractivity contribution in [1.82, 2.24) is 9.97 Å². The normalized spacial score (nSPS) is 12.1. The summed E-state index contributed by atoms with van der Waals surface area (Å²) in [7, 11) is 0. The van der Waals surface area contributed by atoms with E-state index in [2.05, 4.69) is 26.9 Å². The van der Waals surface area contributed by atoms with Gasteiger partial charge in [0.15, 0.2) is 11.2 Å². The Hall–Kier alpha value is -3.20. The highest BCUT2D eigenvalue weighted by Gasteiger charge is 2.23. The molecule has 160 valence electrons. The second-order valence-corrected chi connectivity index (χ2v) is 7.31. The molecule has 0 aliphatic carbocycles. The molecular formula is C21H27N5O4. The van der Waals surface area contributed by atoms with Gasteiger partial charge in [-0.15, -0.1) is 0 Å². The van der Waals surface area contributed by atoms with Crippen molar-refractivity contribution in [3.05, 3.63) is 38.9 Å². The molecule has 1 aliphatic rings. The number of hydrogen-bond acceptors (Lipinski definition) is 7. The number of aromatic nitrogens is 2. The first-order valence-electron chi connectivity index (χ1n) is 10.1. The van der Waals surface area contributed by atoms with E-state index >= 15 is 0 Å². The van der Waals surface area contributed by atoms with Gasteiger partial charge in [0.1, 0.15) is 5.48 Å². The lowest BCUT2D eigenvalue weighted by atomic mass is 10.1. The molecule has 0 unspecified atom stereocenters. The van der Waals surface area contributed by atoms with Gasteiger partial charge in [0.2, 0.25) is 0 Å². The fraction of sp³-hybridized carbons (Fsp3) is 0.429. The number of aromatic amines is 1. The summed E-state index contributed by atoms with van der Waals surface area (Å²) in [5, 5.41) is 21.4. The SMILES string of the molecule is C=c1nc2c(c(=O)[nH]1)=Nc1cc(C)c(NCCO)cc1N2CCCCCCC(=O)O. The van der Waals surface area contributed by atoms with E-state index < -0.39 is 5.97 Å². The minimum atomic E-state index is -0.778. The maximum absolute atomic E-state index is 12.5. The molecule has 0 spiro atoms. The molecule has 4 N–H and O–H groups in total. The van der Waals surface area contributed by atoms with Crippen molar-refractivity contribution >= 4 is 35.4 Å². The summed E-state index contributed by atoms with van der Waals surface area (Å²) in [5.41, 5.74) is 3.30. The number of carboxylic acids is 1. The zero-order valence-electron chi connectivity index (χ0n) is 17.1. The standard InChI is InChI=1S/C21H27N5O4/c1-13-11-16-17(12-15(13)22-8-10-27)26(9-6-4-3-5-7-18(28)29)20-19(25-16)21(30)24-14(2)23-20/h11-12,22,27H,2-10H2,1H3,(H,24,30)(H,28,29). The van der Waals surface area contributed by atoms with Crippen LogP contribution in [0.2, 0.25) is 0 Å². The van der Waals surface area contributed by atoms with Crippen LogP contribution in [0, 0.1) is 6.92 Å². The van der Waals surface area contributed by atoms with Crippen molar-refractivity contribution in [1.29, 1.82) is 0 Å². The van der Waals surface area contributed by atoms with Gasteiger partial charge in [-0.1, -0.05) is 19.4 Å². The first kappa shape index (κ1) is 21.5. The lowest BCUT2D eigenvalue weighted by Gasteiger charge is -2.29. The summed E-state index contributed by atoms with van der Waals surface area (Å²) < 4.78 is 0. The first-order chi connectivity index (χ1) is 14.4. The summed E-state index contributed by atoms with van der Waals surface area (Å²) >= 11 is 0. The molecule has 2 heterocycles. The van der Waals surface area contributed by atoms with E-state index in [9.17, 15) is 9.59 Å². The number of nitrogens with zero attached hydrogens (tertiary/aromatic N) is 3. The smallest absolute Gasteiger partial charge is 0.303 e. The number of aliphatic hydroxyl groups is 1. The Labute approximate surface area is 173 Å². The number of hydrogen-bond donors (Lipinski definition) is 4. The largest absolute Gasteiger partial charge is 0.481 e. The number of H-pyrrole nitrogens is 1. The van der Waals surface area contributed by atoms with Gasteiger partial charge in [0.25, 0.3) is 5.56 Å². The number of aliphatic carboxylic acids is 1. The third kappa shape index (κ3) is 4.85. The van der Waals surface area contributed by atoms with E-state index in [1.807, 2.05) is 24.0 Å². The number of aliphatic hydroxyl groups excluding tert-OH is 1. The van der Waals surface area contributed by atoms with E-state index in [0.717, 1.165) is 36.2 Å². The quantitative estimate of drug-likeness (QED) is 0.432. The minimum absolute atomic E-state index is 0.0194. The van der Waals surface area contributed by atoms with Crippen LogP contribution in [0.15, 0.2) is 21.9 Å². The summed E-state index contributed by atoms with van der Waals surface area (Å²) in [6.45, 7) is 6.76. The summed E-state index contributed by atoms with van der Waals surface area (Å²) in [6.07, 6.45) is 3.33. The zero-order valence-corrected chi connectivity index (χ0v) is 17.1. The van der Waals surface area contributed by atoms with Crippen LogP contribution < -0.4 is 26.6 Å². The highest BCUT2D eigenvalue weighted by molar-refractivity contribution is 5.80. The molecule has 0 saturated carbocycles. The Kier molecular flexibility index (Phi) is 6.83. The fourth-order valence-electron chi connectivity index (χ4n) is 3.52. The molecule has 9 heteroatoms. The predicted molar refractivity (Wildman–Crippen MR) is 115 cm³/mol. The van der Waals surface area contributed by atoms with Gasteiger partial charge in [0.05, 0.1) is 18.0 Å². The van der Waals surface area contributed by atoms with Crippen molar-refractivity contribution in [3.63, 3.8) is 0 Å². The Morgan fingerprint density at radius 1 is 1.27 bits per heavy atom. The topological polar surface area (TPSA) is 131 Å². The number of nitrogens with one attached hydrogen (secondary N) is 2. The van der Waals surface area contributed by atoms with E-state index in [1.54, 1.807) is 0 Å². The number of fused-ring (bicyclic) bond motifs is 2. The van der Waals surface area contributed by atoms with Gasteiger partial charge < -0.3 is 25.4 Å². The molecular weight excluding hydrogens is 386 g/mol. The Morgan fingerprint density at radius 3 is 2.77 bits per heavy atom. The molecule has 0 atom stereocenters. The van der Waals surface area contributed by atoms with E-state index in [4.69, 9.17) is 10.2 Å². The van der Waals surface area contributed by atoms with Crippen LogP contribution >= 0.6 is 0 Å². The highest BCUT2D eigenvalue weighted by atomic mass is 16.4. The van der Waals surface area contributed by atoms with Crippen LogP contribution in [0.25, 0.3) is 6.58 Å². The third-order valence-corrected chi connectivity index (χ3v) is 4.98. The maximum Gasteiger partial charge on any atom is 0.303 e. The molecule has 1 aliphatic heterocycles. The molecule has 0 saturated heterocycles. The number of aryl methyl sites for hydroxylation is 1. The van der Waals surface area contributed by atoms with Gasteiger partial charge in [-0.2, -0.15) is 0 Å². The van der Waals surface area contributed by atoms with Crippen molar-refractivity contribution in [3.8, 4) is 0 Å². The van der Waals surface area contributed by atoms with Crippen LogP contribution in [0.5, 0.6) is 0 Å². The Morgan fingerprint density at radius 2 is 2.03 bits per heavy atom. The zero-order chi connectivity index (χ0) is 21.7. The maximum atomic E-state index is 12.5. The van der Waals surface area contributed by atoms with Crippen molar-refractivity contribution in [2.75, 3.05) is 29.9 Å². The van der Waals surface area contributed by atoms with E-state index in [1.165, 1.54) is 0 Å². The second-order valence-electron chi connectivity index (χ2n) is 7.31. The molecule has 9 nitrogen and oxygen atoms in total. The summed E-state index contributed by atoms with van der Waals surface area (Å²) in [6, 6.07) is 3.87. The number of carbonyl (C=O) groups is 1. The average Bonchev–Trinajstić information content (AvgIpc) is 2.69. The summed E-state index contributed by atoms with van der Waals surface area (Å²) in [4.78, 5) is 36.7. The predicted octanol–water partition coefficient (Wildman–Crippen LogP) is 1.33. The number of carboxylic acid groups (broad SMARTS) is 1. The van der Waals surface area contributed by atoms with Crippen LogP contribution in [0.4, 0.5) is 22.9 Å². The molecule has 2 aromatic rings. The molecule has 3 rings (SSSR count). The minimum Gasteiger partial charge on any atom is -0.481 e. The molecule has 0 bridgehead atoms. The Bertz CT molecular complexity index is 1100. The van der Waals surface area contributed by atoms with Gasteiger partial charge in [0, 0.05) is 25.2 Å². The molecule has 0 radical (unpaired) electrons. The average molecular weight is 413 g/mol.